The monoisotopic (exact) mass is 295 g/mol. The van der Waals surface area contributed by atoms with E-state index in [0.717, 1.165) is 27.3 Å². The molecule has 2 heterocycles. The predicted octanol–water partition coefficient (Wildman–Crippen LogP) is 3.62. The van der Waals surface area contributed by atoms with Crippen molar-refractivity contribution >= 4 is 21.7 Å². The van der Waals surface area contributed by atoms with E-state index < -0.39 is 0 Å². The Morgan fingerprint density at radius 2 is 2.12 bits per heavy atom. The number of hydrogen-bond acceptors (Lipinski definition) is 4. The van der Waals surface area contributed by atoms with Crippen LogP contribution in [0.1, 0.15) is 30.0 Å². The largest absolute Gasteiger partial charge is 0.363 e. The first kappa shape index (κ1) is 12.1. The maximum absolute atomic E-state index is 5.16. The number of rotatable bonds is 3. The average Bonchev–Trinajstić information content (AvgIpc) is 2.62. The van der Waals surface area contributed by atoms with Crippen LogP contribution in [0.25, 0.3) is 0 Å². The molecule has 0 fully saturated rings. The lowest BCUT2D eigenvalue weighted by atomic mass is 10.1. The van der Waals surface area contributed by atoms with Gasteiger partial charge in [0.1, 0.15) is 11.6 Å². The number of pyridine rings is 1. The summed E-state index contributed by atoms with van der Waals surface area (Å²) in [6, 6.07) is 4.00. The summed E-state index contributed by atoms with van der Waals surface area (Å²) >= 11 is 3.36. The fourth-order valence-electron chi connectivity index (χ4n) is 1.86. The zero-order chi connectivity index (χ0) is 12.4. The van der Waals surface area contributed by atoms with Gasteiger partial charge < -0.3 is 9.84 Å². The van der Waals surface area contributed by atoms with Gasteiger partial charge >= 0.3 is 0 Å². The van der Waals surface area contributed by atoms with Crippen molar-refractivity contribution in [2.24, 2.45) is 0 Å². The summed E-state index contributed by atoms with van der Waals surface area (Å²) in [4.78, 5) is 4.28. The number of hydrogen-bond donors (Lipinski definition) is 1. The molecule has 17 heavy (non-hydrogen) atoms. The third kappa shape index (κ3) is 2.66. The van der Waals surface area contributed by atoms with Gasteiger partial charge in [-0.2, -0.15) is 0 Å². The highest BCUT2D eigenvalue weighted by molar-refractivity contribution is 9.10. The number of aryl methyl sites for hydroxylation is 2. The van der Waals surface area contributed by atoms with Crippen LogP contribution in [0, 0.1) is 13.8 Å². The third-order valence-corrected chi connectivity index (χ3v) is 3.08. The highest BCUT2D eigenvalue weighted by atomic mass is 79.9. The van der Waals surface area contributed by atoms with E-state index >= 15 is 0 Å². The van der Waals surface area contributed by atoms with Crippen LogP contribution in [0.4, 0.5) is 5.82 Å². The lowest BCUT2D eigenvalue weighted by Gasteiger charge is -2.14. The van der Waals surface area contributed by atoms with E-state index in [4.69, 9.17) is 4.52 Å². The first-order valence-corrected chi connectivity index (χ1v) is 6.18. The molecule has 1 atom stereocenters. The molecule has 2 rings (SSSR count). The van der Waals surface area contributed by atoms with E-state index in [-0.39, 0.29) is 6.04 Å². The first-order valence-electron chi connectivity index (χ1n) is 5.39. The third-order valence-electron chi connectivity index (χ3n) is 2.61. The van der Waals surface area contributed by atoms with E-state index in [1.54, 1.807) is 6.20 Å². The Labute approximate surface area is 109 Å². The van der Waals surface area contributed by atoms with Crippen LogP contribution in [0.3, 0.4) is 0 Å². The molecule has 90 valence electrons. The van der Waals surface area contributed by atoms with Crippen LogP contribution in [0.5, 0.6) is 0 Å². The molecule has 0 spiro atoms. The van der Waals surface area contributed by atoms with Crippen molar-refractivity contribution in [1.29, 1.82) is 0 Å². The van der Waals surface area contributed by atoms with E-state index in [1.165, 1.54) is 0 Å². The first-order chi connectivity index (χ1) is 8.08. The summed E-state index contributed by atoms with van der Waals surface area (Å²) < 4.78 is 6.12. The molecule has 4 nitrogen and oxygen atoms in total. The molecule has 0 aliphatic carbocycles. The Balaban J connectivity index is 2.17. The normalized spacial score (nSPS) is 12.5. The van der Waals surface area contributed by atoms with Crippen molar-refractivity contribution in [1.82, 2.24) is 10.1 Å². The molecule has 0 amide bonds. The van der Waals surface area contributed by atoms with Crippen LogP contribution >= 0.6 is 15.9 Å². The quantitative estimate of drug-likeness (QED) is 0.939. The smallest absolute Gasteiger partial charge is 0.139 e. The van der Waals surface area contributed by atoms with Gasteiger partial charge in [0.25, 0.3) is 0 Å². The molecule has 0 aromatic carbocycles. The molecular formula is C12H14BrN3O. The summed E-state index contributed by atoms with van der Waals surface area (Å²) in [5, 5.41) is 7.27. The van der Waals surface area contributed by atoms with Crippen LogP contribution in [-0.2, 0) is 0 Å². The Hall–Kier alpha value is -1.36. The maximum Gasteiger partial charge on any atom is 0.139 e. The van der Waals surface area contributed by atoms with E-state index in [1.807, 2.05) is 26.0 Å². The second-order valence-corrected chi connectivity index (χ2v) is 4.88. The van der Waals surface area contributed by atoms with Crippen molar-refractivity contribution in [3.8, 4) is 0 Å². The van der Waals surface area contributed by atoms with Gasteiger partial charge in [0, 0.05) is 16.2 Å². The van der Waals surface area contributed by atoms with Gasteiger partial charge in [-0.25, -0.2) is 4.98 Å². The number of nitrogens with zero attached hydrogens (tertiary/aromatic N) is 2. The maximum atomic E-state index is 5.16. The Morgan fingerprint density at radius 1 is 1.35 bits per heavy atom. The van der Waals surface area contributed by atoms with Gasteiger partial charge in [-0.1, -0.05) is 5.16 Å². The van der Waals surface area contributed by atoms with Crippen molar-refractivity contribution in [2.75, 3.05) is 5.32 Å². The topological polar surface area (TPSA) is 51.0 Å². The minimum atomic E-state index is 0.120. The number of anilines is 1. The number of halogens is 1. The number of aromatic nitrogens is 2. The summed E-state index contributed by atoms with van der Waals surface area (Å²) in [5.74, 6) is 1.68. The SMILES string of the molecule is Cc1noc(C)c1C(C)Nc1ccc(Br)cn1. The molecule has 1 unspecified atom stereocenters. The van der Waals surface area contributed by atoms with Crippen molar-refractivity contribution in [3.05, 3.63) is 39.8 Å². The van der Waals surface area contributed by atoms with Gasteiger partial charge in [-0.05, 0) is 48.8 Å². The zero-order valence-electron chi connectivity index (χ0n) is 9.99. The summed E-state index contributed by atoms with van der Waals surface area (Å²) in [6.07, 6.45) is 1.77. The number of nitrogens with one attached hydrogen (secondary N) is 1. The Bertz CT molecular complexity index is 487. The zero-order valence-corrected chi connectivity index (χ0v) is 11.6. The van der Waals surface area contributed by atoms with Crippen LogP contribution in [0.2, 0.25) is 0 Å². The molecule has 0 aliphatic rings. The fraction of sp³-hybridized carbons (Fsp3) is 0.333. The molecule has 0 bridgehead atoms. The van der Waals surface area contributed by atoms with Crippen molar-refractivity contribution in [2.45, 2.75) is 26.8 Å². The standard InChI is InChI=1S/C12H14BrN3O/c1-7(12-8(2)16-17-9(12)3)15-11-5-4-10(13)6-14-11/h4-7H,1-3H3,(H,14,15). The lowest BCUT2D eigenvalue weighted by molar-refractivity contribution is 0.392. The van der Waals surface area contributed by atoms with E-state index in [2.05, 4.69) is 38.3 Å². The Morgan fingerprint density at radius 3 is 2.65 bits per heavy atom. The van der Waals surface area contributed by atoms with Gasteiger partial charge in [-0.15, -0.1) is 0 Å². The lowest BCUT2D eigenvalue weighted by Crippen LogP contribution is -2.09. The molecule has 5 heteroatoms. The van der Waals surface area contributed by atoms with E-state index in [9.17, 15) is 0 Å². The van der Waals surface area contributed by atoms with Crippen LogP contribution in [-0.4, -0.2) is 10.1 Å². The molecule has 0 radical (unpaired) electrons. The van der Waals surface area contributed by atoms with Crippen molar-refractivity contribution in [3.63, 3.8) is 0 Å². The van der Waals surface area contributed by atoms with Crippen LogP contribution in [0.15, 0.2) is 27.3 Å². The van der Waals surface area contributed by atoms with Crippen molar-refractivity contribution < 1.29 is 4.52 Å². The second kappa shape index (κ2) is 4.87. The highest BCUT2D eigenvalue weighted by Crippen LogP contribution is 2.24. The molecule has 2 aromatic heterocycles. The second-order valence-electron chi connectivity index (χ2n) is 3.97. The summed E-state index contributed by atoms with van der Waals surface area (Å²) in [6.45, 7) is 5.93. The van der Waals surface area contributed by atoms with Gasteiger partial charge in [-0.3, -0.25) is 0 Å². The summed E-state index contributed by atoms with van der Waals surface area (Å²) in [7, 11) is 0. The van der Waals surface area contributed by atoms with Gasteiger partial charge in [0.15, 0.2) is 0 Å². The minimum Gasteiger partial charge on any atom is -0.363 e. The molecule has 2 aromatic rings. The average molecular weight is 296 g/mol. The predicted molar refractivity (Wildman–Crippen MR) is 70.0 cm³/mol. The molecule has 1 N–H and O–H groups in total. The molecule has 0 saturated carbocycles. The molecule has 0 saturated heterocycles. The fourth-order valence-corrected chi connectivity index (χ4v) is 2.10. The molecular weight excluding hydrogens is 282 g/mol. The van der Waals surface area contributed by atoms with Gasteiger partial charge in [0.2, 0.25) is 0 Å². The highest BCUT2D eigenvalue weighted by Gasteiger charge is 2.16. The Kier molecular flexibility index (Phi) is 3.47. The minimum absolute atomic E-state index is 0.120. The summed E-state index contributed by atoms with van der Waals surface area (Å²) in [5.41, 5.74) is 2.01. The van der Waals surface area contributed by atoms with Crippen LogP contribution < -0.4 is 5.32 Å². The van der Waals surface area contributed by atoms with E-state index in [0.29, 0.717) is 0 Å². The molecule has 0 aliphatic heterocycles. The van der Waals surface area contributed by atoms with Gasteiger partial charge in [0.05, 0.1) is 11.7 Å².